The Balaban J connectivity index is 1.44. The molecule has 27 heavy (non-hydrogen) atoms. The van der Waals surface area contributed by atoms with Crippen LogP contribution >= 0.6 is 11.3 Å². The van der Waals surface area contributed by atoms with E-state index in [4.69, 9.17) is 4.98 Å². The molecule has 0 saturated carbocycles. The van der Waals surface area contributed by atoms with Gasteiger partial charge in [-0.25, -0.2) is 4.98 Å². The van der Waals surface area contributed by atoms with Crippen LogP contribution in [-0.2, 0) is 19.3 Å². The first kappa shape index (κ1) is 18.4. The summed E-state index contributed by atoms with van der Waals surface area (Å²) in [6.45, 7) is 5.26. The largest absolute Gasteiger partial charge is 0.309 e. The van der Waals surface area contributed by atoms with Crippen molar-refractivity contribution < 1.29 is 0 Å². The van der Waals surface area contributed by atoms with Crippen molar-refractivity contribution in [3.05, 3.63) is 62.5 Å². The lowest BCUT2D eigenvalue weighted by Crippen LogP contribution is -2.25. The number of nitrogens with zero attached hydrogens (tertiary/aromatic N) is 1. The lowest BCUT2D eigenvalue weighted by molar-refractivity contribution is 0.509. The van der Waals surface area contributed by atoms with Gasteiger partial charge in [0.05, 0.1) is 11.4 Å². The first-order valence-electron chi connectivity index (χ1n) is 9.93. The molecule has 2 heterocycles. The summed E-state index contributed by atoms with van der Waals surface area (Å²) in [5, 5.41) is 4.34. The monoisotopic (exact) mass is 381 g/mol. The highest BCUT2D eigenvalue weighted by atomic mass is 32.1. The van der Waals surface area contributed by atoms with E-state index in [0.29, 0.717) is 5.92 Å². The van der Waals surface area contributed by atoms with E-state index in [9.17, 15) is 4.79 Å². The highest BCUT2D eigenvalue weighted by Gasteiger charge is 2.23. The second kappa shape index (κ2) is 7.95. The van der Waals surface area contributed by atoms with Crippen molar-refractivity contribution >= 4 is 21.6 Å². The number of H-pyrrole nitrogens is 1. The Morgan fingerprint density at radius 1 is 1.33 bits per heavy atom. The average molecular weight is 382 g/mol. The summed E-state index contributed by atoms with van der Waals surface area (Å²) >= 11 is 1.72. The molecule has 1 aliphatic carbocycles. The van der Waals surface area contributed by atoms with Crippen molar-refractivity contribution in [3.63, 3.8) is 0 Å². The Hall–Kier alpha value is -1.98. The number of benzene rings is 1. The molecule has 0 fully saturated rings. The number of aromatic nitrogens is 2. The minimum absolute atomic E-state index is 0.0278. The smallest absolute Gasteiger partial charge is 0.259 e. The number of fused-ring (bicyclic) bond motifs is 3. The summed E-state index contributed by atoms with van der Waals surface area (Å²) in [7, 11) is 0. The molecule has 1 aliphatic rings. The summed E-state index contributed by atoms with van der Waals surface area (Å²) < 4.78 is 0. The molecule has 0 spiro atoms. The predicted molar refractivity (Wildman–Crippen MR) is 113 cm³/mol. The van der Waals surface area contributed by atoms with Gasteiger partial charge in [-0.05, 0) is 62.6 Å². The number of hydrogen-bond acceptors (Lipinski definition) is 4. The number of hydrogen-bond donors (Lipinski definition) is 2. The lowest BCUT2D eigenvalue weighted by atomic mass is 9.89. The maximum atomic E-state index is 12.7. The molecular weight excluding hydrogens is 354 g/mol. The van der Waals surface area contributed by atoms with Gasteiger partial charge in [0.1, 0.15) is 10.7 Å². The van der Waals surface area contributed by atoms with Crippen molar-refractivity contribution in [2.75, 3.05) is 6.54 Å². The number of rotatable bonds is 6. The molecule has 5 heteroatoms. The van der Waals surface area contributed by atoms with Crippen LogP contribution in [0.3, 0.4) is 0 Å². The Morgan fingerprint density at radius 2 is 2.15 bits per heavy atom. The summed E-state index contributed by atoms with van der Waals surface area (Å²) in [6, 6.07) is 10.6. The fourth-order valence-electron chi connectivity index (χ4n) is 3.92. The molecule has 0 bridgehead atoms. The van der Waals surface area contributed by atoms with E-state index < -0.39 is 0 Å². The van der Waals surface area contributed by atoms with Gasteiger partial charge < -0.3 is 10.3 Å². The van der Waals surface area contributed by atoms with Crippen LogP contribution in [-0.4, -0.2) is 16.5 Å². The van der Waals surface area contributed by atoms with Gasteiger partial charge in [0.25, 0.3) is 5.56 Å². The third-order valence-corrected chi connectivity index (χ3v) is 6.68. The predicted octanol–water partition coefficient (Wildman–Crippen LogP) is 4.39. The molecule has 2 aromatic heterocycles. The zero-order valence-electron chi connectivity index (χ0n) is 16.0. The van der Waals surface area contributed by atoms with Crippen molar-refractivity contribution in [2.45, 2.75) is 52.0 Å². The Labute approximate surface area is 164 Å². The van der Waals surface area contributed by atoms with Gasteiger partial charge in [-0.15, -0.1) is 11.3 Å². The molecule has 0 unspecified atom stereocenters. The standard InChI is InChI=1S/C22H27N3OS/c1-14-10-11-17-18(13-14)27-22-19(17)21(26)24-20(25-22)15(2)23-12-6-9-16-7-4-3-5-8-16/h3-5,7-8,14-15,23H,6,9-13H2,1-2H3,(H,24,25,26)/t14-,15+/m0/s1. The van der Waals surface area contributed by atoms with Gasteiger partial charge in [-0.2, -0.15) is 0 Å². The summed E-state index contributed by atoms with van der Waals surface area (Å²) in [4.78, 5) is 22.8. The van der Waals surface area contributed by atoms with Crippen LogP contribution in [0.1, 0.15) is 54.6 Å². The van der Waals surface area contributed by atoms with E-state index in [0.717, 1.165) is 48.3 Å². The Morgan fingerprint density at radius 3 is 2.96 bits per heavy atom. The molecular formula is C22H27N3OS. The van der Waals surface area contributed by atoms with Crippen LogP contribution in [0, 0.1) is 5.92 Å². The van der Waals surface area contributed by atoms with E-state index in [2.05, 4.69) is 48.4 Å². The highest BCUT2D eigenvalue weighted by Crippen LogP contribution is 2.35. The molecule has 0 saturated heterocycles. The van der Waals surface area contributed by atoms with Crippen LogP contribution < -0.4 is 10.9 Å². The molecule has 0 aliphatic heterocycles. The quantitative estimate of drug-likeness (QED) is 0.623. The van der Waals surface area contributed by atoms with Gasteiger partial charge in [-0.1, -0.05) is 37.3 Å². The van der Waals surface area contributed by atoms with Gasteiger partial charge in [0, 0.05) is 4.88 Å². The molecule has 2 N–H and O–H groups in total. The summed E-state index contributed by atoms with van der Waals surface area (Å²) in [6.07, 6.45) is 5.37. The van der Waals surface area contributed by atoms with E-state index in [1.807, 2.05) is 6.07 Å². The van der Waals surface area contributed by atoms with Crippen LogP contribution in [0.2, 0.25) is 0 Å². The topological polar surface area (TPSA) is 57.8 Å². The molecule has 142 valence electrons. The van der Waals surface area contributed by atoms with Crippen molar-refractivity contribution in [3.8, 4) is 0 Å². The average Bonchev–Trinajstić information content (AvgIpc) is 3.03. The minimum atomic E-state index is 0.0278. The van der Waals surface area contributed by atoms with E-state index in [1.165, 1.54) is 22.4 Å². The molecule has 0 amide bonds. The van der Waals surface area contributed by atoms with Crippen molar-refractivity contribution in [2.24, 2.45) is 5.92 Å². The lowest BCUT2D eigenvalue weighted by Gasteiger charge is -2.17. The highest BCUT2D eigenvalue weighted by molar-refractivity contribution is 7.18. The first-order valence-corrected chi connectivity index (χ1v) is 10.7. The zero-order chi connectivity index (χ0) is 18.8. The van der Waals surface area contributed by atoms with Crippen LogP contribution in [0.15, 0.2) is 35.1 Å². The van der Waals surface area contributed by atoms with Crippen molar-refractivity contribution in [1.82, 2.24) is 15.3 Å². The molecule has 2 atom stereocenters. The maximum absolute atomic E-state index is 12.7. The van der Waals surface area contributed by atoms with E-state index in [1.54, 1.807) is 11.3 Å². The number of thiophene rings is 1. The number of nitrogens with one attached hydrogen (secondary N) is 2. The van der Waals surface area contributed by atoms with E-state index in [-0.39, 0.29) is 11.6 Å². The molecule has 1 aromatic carbocycles. The zero-order valence-corrected chi connectivity index (χ0v) is 16.9. The first-order chi connectivity index (χ1) is 13.1. The fraction of sp³-hybridized carbons (Fsp3) is 0.455. The molecule has 4 nitrogen and oxygen atoms in total. The van der Waals surface area contributed by atoms with Gasteiger partial charge in [0.2, 0.25) is 0 Å². The van der Waals surface area contributed by atoms with Crippen LogP contribution in [0.4, 0.5) is 0 Å². The van der Waals surface area contributed by atoms with E-state index >= 15 is 0 Å². The minimum Gasteiger partial charge on any atom is -0.309 e. The summed E-state index contributed by atoms with van der Waals surface area (Å²) in [5.41, 5.74) is 2.63. The number of aromatic amines is 1. The van der Waals surface area contributed by atoms with Gasteiger partial charge in [0.15, 0.2) is 0 Å². The third-order valence-electron chi connectivity index (χ3n) is 5.53. The van der Waals surface area contributed by atoms with Gasteiger partial charge in [-0.3, -0.25) is 4.79 Å². The van der Waals surface area contributed by atoms with Gasteiger partial charge >= 0.3 is 0 Å². The normalized spacial score (nSPS) is 17.8. The Bertz CT molecular complexity index is 976. The third kappa shape index (κ3) is 3.99. The Kier molecular flexibility index (Phi) is 5.41. The second-order valence-corrected chi connectivity index (χ2v) is 8.83. The SMILES string of the molecule is C[C@H]1CCc2c(sc3nc([C@@H](C)NCCCc4ccccc4)[nH]c(=O)c23)C1. The molecule has 4 rings (SSSR count). The maximum Gasteiger partial charge on any atom is 0.259 e. The van der Waals surface area contributed by atoms with Crippen LogP contribution in [0.5, 0.6) is 0 Å². The molecule has 0 radical (unpaired) electrons. The summed E-state index contributed by atoms with van der Waals surface area (Å²) in [5.74, 6) is 1.45. The second-order valence-electron chi connectivity index (χ2n) is 7.75. The fourth-order valence-corrected chi connectivity index (χ4v) is 5.31. The van der Waals surface area contributed by atoms with Crippen molar-refractivity contribution in [1.29, 1.82) is 0 Å². The van der Waals surface area contributed by atoms with Crippen LogP contribution in [0.25, 0.3) is 10.2 Å². The molecule has 3 aromatic rings. The number of aryl methyl sites for hydroxylation is 2.